The fourth-order valence-electron chi connectivity index (χ4n) is 1.10. The number of halogens is 1. The van der Waals surface area contributed by atoms with Crippen LogP contribution in [0.25, 0.3) is 0 Å². The van der Waals surface area contributed by atoms with Gasteiger partial charge in [0.15, 0.2) is 0 Å². The van der Waals surface area contributed by atoms with E-state index in [9.17, 15) is 4.39 Å². The molecule has 78 valence electrons. The molecule has 0 unspecified atom stereocenters. The predicted molar refractivity (Wildman–Crippen MR) is 59.6 cm³/mol. The molecule has 0 fully saturated rings. The topological polar surface area (TPSA) is 26.0 Å². The lowest BCUT2D eigenvalue weighted by molar-refractivity contribution is 0.622. The molecule has 0 amide bonds. The number of hydrogen-bond donors (Lipinski definition) is 1. The molecule has 0 saturated heterocycles. The van der Waals surface area contributed by atoms with Crippen LogP contribution in [-0.2, 0) is 0 Å². The minimum absolute atomic E-state index is 0.131. The third-order valence-corrected chi connectivity index (χ3v) is 1.73. The first kappa shape index (κ1) is 12.7. The summed E-state index contributed by atoms with van der Waals surface area (Å²) in [6.45, 7) is 9.18. The lowest BCUT2D eigenvalue weighted by Gasteiger charge is -2.05. The van der Waals surface area contributed by atoms with Gasteiger partial charge in [-0.3, -0.25) is 0 Å². The molecule has 0 aliphatic heterocycles. The van der Waals surface area contributed by atoms with Crippen LogP contribution in [0.2, 0.25) is 0 Å². The van der Waals surface area contributed by atoms with Gasteiger partial charge in [0, 0.05) is 0 Å². The van der Waals surface area contributed by atoms with Crippen LogP contribution in [0.15, 0.2) is 31.0 Å². The van der Waals surface area contributed by atoms with E-state index in [0.29, 0.717) is 5.92 Å². The Bertz CT molecular complexity index is 272. The van der Waals surface area contributed by atoms with Gasteiger partial charge in [-0.2, -0.15) is 0 Å². The van der Waals surface area contributed by atoms with Crippen molar-refractivity contribution < 1.29 is 4.39 Å². The summed E-state index contributed by atoms with van der Waals surface area (Å²) in [5.74, 6) is 0.276. The minimum atomic E-state index is -0.131. The zero-order valence-corrected chi connectivity index (χ0v) is 9.05. The standard InChI is InChI=1S/C10H13F.C2H5N/c1-7(2)9-4-8(3)5-10(11)6-9;1-2-3/h4-7H,1-3H3;2H,1,3H2. The van der Waals surface area contributed by atoms with E-state index in [-0.39, 0.29) is 5.82 Å². The van der Waals surface area contributed by atoms with Crippen molar-refractivity contribution in [1.82, 2.24) is 0 Å². The summed E-state index contributed by atoms with van der Waals surface area (Å²) in [7, 11) is 0. The highest BCUT2D eigenvalue weighted by Crippen LogP contribution is 2.16. The average Bonchev–Trinajstić information content (AvgIpc) is 2.03. The summed E-state index contributed by atoms with van der Waals surface area (Å²) >= 11 is 0. The first-order valence-electron chi connectivity index (χ1n) is 4.61. The number of aryl methyl sites for hydroxylation is 1. The molecule has 0 aliphatic rings. The second-order valence-electron chi connectivity index (χ2n) is 3.45. The van der Waals surface area contributed by atoms with Gasteiger partial charge in [-0.15, -0.1) is 0 Å². The van der Waals surface area contributed by atoms with Gasteiger partial charge in [-0.1, -0.05) is 26.5 Å². The van der Waals surface area contributed by atoms with E-state index in [2.05, 4.69) is 26.2 Å². The summed E-state index contributed by atoms with van der Waals surface area (Å²) in [6, 6.07) is 5.16. The van der Waals surface area contributed by atoms with E-state index in [1.807, 2.05) is 13.0 Å². The molecular formula is C12H18FN. The molecule has 0 bridgehead atoms. The van der Waals surface area contributed by atoms with Crippen LogP contribution < -0.4 is 5.73 Å². The second-order valence-corrected chi connectivity index (χ2v) is 3.45. The molecule has 0 spiro atoms. The Kier molecular flexibility index (Phi) is 5.61. The fraction of sp³-hybridized carbons (Fsp3) is 0.333. The zero-order chi connectivity index (χ0) is 11.1. The summed E-state index contributed by atoms with van der Waals surface area (Å²) in [5.41, 5.74) is 6.68. The lowest BCUT2D eigenvalue weighted by atomic mass is 10.0. The Morgan fingerprint density at radius 1 is 1.36 bits per heavy atom. The average molecular weight is 195 g/mol. The quantitative estimate of drug-likeness (QED) is 0.730. The Morgan fingerprint density at radius 2 is 1.86 bits per heavy atom. The van der Waals surface area contributed by atoms with Crippen molar-refractivity contribution in [2.45, 2.75) is 26.7 Å². The maximum absolute atomic E-state index is 12.8. The molecule has 0 heterocycles. The van der Waals surface area contributed by atoms with Crippen LogP contribution in [0.3, 0.4) is 0 Å². The van der Waals surface area contributed by atoms with Crippen molar-refractivity contribution in [1.29, 1.82) is 0 Å². The maximum Gasteiger partial charge on any atom is 0.123 e. The highest BCUT2D eigenvalue weighted by molar-refractivity contribution is 5.25. The van der Waals surface area contributed by atoms with Gasteiger partial charge in [0.05, 0.1) is 0 Å². The zero-order valence-electron chi connectivity index (χ0n) is 9.05. The van der Waals surface area contributed by atoms with Crippen LogP contribution in [0, 0.1) is 12.7 Å². The van der Waals surface area contributed by atoms with Gasteiger partial charge >= 0.3 is 0 Å². The smallest absolute Gasteiger partial charge is 0.123 e. The van der Waals surface area contributed by atoms with Crippen molar-refractivity contribution >= 4 is 0 Å². The molecule has 0 atom stereocenters. The SMILES string of the molecule is C=CN.Cc1cc(F)cc(C(C)C)c1. The predicted octanol–water partition coefficient (Wildman–Crippen LogP) is 3.35. The van der Waals surface area contributed by atoms with Crippen LogP contribution in [0.1, 0.15) is 30.9 Å². The van der Waals surface area contributed by atoms with E-state index in [4.69, 9.17) is 0 Å². The molecule has 2 heteroatoms. The van der Waals surface area contributed by atoms with Gasteiger partial charge in [0.1, 0.15) is 5.82 Å². The van der Waals surface area contributed by atoms with Crippen molar-refractivity contribution in [3.63, 3.8) is 0 Å². The molecule has 0 radical (unpaired) electrons. The molecule has 0 aliphatic carbocycles. The van der Waals surface area contributed by atoms with E-state index in [1.165, 1.54) is 6.20 Å². The first-order chi connectivity index (χ1) is 6.51. The maximum atomic E-state index is 12.8. The third kappa shape index (κ3) is 4.65. The number of rotatable bonds is 1. The first-order valence-corrected chi connectivity index (χ1v) is 4.61. The highest BCUT2D eigenvalue weighted by atomic mass is 19.1. The third-order valence-electron chi connectivity index (χ3n) is 1.73. The Morgan fingerprint density at radius 3 is 2.21 bits per heavy atom. The van der Waals surface area contributed by atoms with Crippen molar-refractivity contribution in [2.75, 3.05) is 0 Å². The van der Waals surface area contributed by atoms with E-state index >= 15 is 0 Å². The molecule has 1 aromatic carbocycles. The molecule has 1 rings (SSSR count). The Labute approximate surface area is 85.4 Å². The summed E-state index contributed by atoms with van der Waals surface area (Å²) < 4.78 is 12.8. The van der Waals surface area contributed by atoms with E-state index < -0.39 is 0 Å². The van der Waals surface area contributed by atoms with Crippen LogP contribution in [-0.4, -0.2) is 0 Å². The van der Waals surface area contributed by atoms with E-state index in [0.717, 1.165) is 11.1 Å². The van der Waals surface area contributed by atoms with Gasteiger partial charge < -0.3 is 5.73 Å². The van der Waals surface area contributed by atoms with Gasteiger partial charge in [-0.05, 0) is 42.3 Å². The molecule has 14 heavy (non-hydrogen) atoms. The number of nitrogens with two attached hydrogens (primary N) is 1. The highest BCUT2D eigenvalue weighted by Gasteiger charge is 2.00. The van der Waals surface area contributed by atoms with Crippen molar-refractivity contribution in [3.05, 3.63) is 47.9 Å². The second kappa shape index (κ2) is 6.19. The fourth-order valence-corrected chi connectivity index (χ4v) is 1.10. The largest absolute Gasteiger partial charge is 0.405 e. The summed E-state index contributed by atoms with van der Waals surface area (Å²) in [6.07, 6.45) is 1.25. The summed E-state index contributed by atoms with van der Waals surface area (Å²) in [4.78, 5) is 0. The summed E-state index contributed by atoms with van der Waals surface area (Å²) in [5, 5.41) is 0. The molecule has 1 aromatic rings. The molecule has 1 nitrogen and oxygen atoms in total. The number of benzene rings is 1. The minimum Gasteiger partial charge on any atom is -0.405 e. The lowest BCUT2D eigenvalue weighted by Crippen LogP contribution is -1.89. The Hall–Kier alpha value is -1.31. The normalized spacial score (nSPS) is 9.21. The van der Waals surface area contributed by atoms with Crippen LogP contribution in [0.4, 0.5) is 4.39 Å². The van der Waals surface area contributed by atoms with E-state index in [1.54, 1.807) is 12.1 Å². The van der Waals surface area contributed by atoms with Crippen LogP contribution >= 0.6 is 0 Å². The molecule has 0 aromatic heterocycles. The van der Waals surface area contributed by atoms with Crippen molar-refractivity contribution in [2.24, 2.45) is 5.73 Å². The van der Waals surface area contributed by atoms with Gasteiger partial charge in [0.25, 0.3) is 0 Å². The van der Waals surface area contributed by atoms with Gasteiger partial charge in [0.2, 0.25) is 0 Å². The molecule has 0 saturated carbocycles. The molecular weight excluding hydrogens is 177 g/mol. The van der Waals surface area contributed by atoms with Gasteiger partial charge in [-0.25, -0.2) is 4.39 Å². The monoisotopic (exact) mass is 195 g/mol. The number of hydrogen-bond acceptors (Lipinski definition) is 1. The Balaban J connectivity index is 0.000000500. The van der Waals surface area contributed by atoms with Crippen LogP contribution in [0.5, 0.6) is 0 Å². The van der Waals surface area contributed by atoms with Crippen molar-refractivity contribution in [3.8, 4) is 0 Å². The molecule has 2 N–H and O–H groups in total.